The number of aromatic nitrogens is 1. The molecule has 1 fully saturated rings. The van der Waals surface area contributed by atoms with Crippen molar-refractivity contribution in [3.8, 4) is 5.75 Å². The van der Waals surface area contributed by atoms with Gasteiger partial charge in [-0.3, -0.25) is 4.98 Å². The second-order valence-electron chi connectivity index (χ2n) is 7.92. The summed E-state index contributed by atoms with van der Waals surface area (Å²) < 4.78 is 29.5. The summed E-state index contributed by atoms with van der Waals surface area (Å²) in [6.07, 6.45) is 10.6. The lowest BCUT2D eigenvalue weighted by molar-refractivity contribution is 0.111. The summed E-state index contributed by atoms with van der Waals surface area (Å²) in [6, 6.07) is 2.08. The molecule has 2 aliphatic heterocycles. The molecule has 4 rings (SSSR count). The first-order valence-corrected chi connectivity index (χ1v) is 11.7. The van der Waals surface area contributed by atoms with Gasteiger partial charge in [-0.15, -0.1) is 0 Å². The molecule has 0 aromatic carbocycles. The topological polar surface area (TPSA) is 118 Å². The van der Waals surface area contributed by atoms with Crippen molar-refractivity contribution in [2.45, 2.75) is 38.2 Å². The molecule has 3 aliphatic rings. The highest BCUT2D eigenvalue weighted by molar-refractivity contribution is 7.94. The van der Waals surface area contributed by atoms with Gasteiger partial charge in [0.2, 0.25) is 5.96 Å². The van der Waals surface area contributed by atoms with Crippen molar-refractivity contribution in [2.75, 3.05) is 19.3 Å². The minimum absolute atomic E-state index is 0.119. The molecule has 0 bridgehead atoms. The van der Waals surface area contributed by atoms with E-state index in [0.29, 0.717) is 23.7 Å². The molecular formula is C20H26N4O4S. The Labute approximate surface area is 170 Å². The van der Waals surface area contributed by atoms with E-state index in [0.717, 1.165) is 54.9 Å². The van der Waals surface area contributed by atoms with E-state index in [1.807, 2.05) is 11.0 Å². The van der Waals surface area contributed by atoms with Crippen LogP contribution in [0.25, 0.3) is 5.57 Å². The molecule has 0 radical (unpaired) electrons. The summed E-state index contributed by atoms with van der Waals surface area (Å²) in [5.41, 5.74) is 8.77. The lowest BCUT2D eigenvalue weighted by Gasteiger charge is -2.34. The van der Waals surface area contributed by atoms with Crippen molar-refractivity contribution in [3.05, 3.63) is 40.6 Å². The van der Waals surface area contributed by atoms with Crippen molar-refractivity contribution >= 4 is 21.4 Å². The van der Waals surface area contributed by atoms with E-state index in [1.165, 1.54) is 6.26 Å². The first-order valence-electron chi connectivity index (χ1n) is 9.83. The second kappa shape index (κ2) is 7.70. The van der Waals surface area contributed by atoms with E-state index < -0.39 is 9.84 Å². The van der Waals surface area contributed by atoms with Gasteiger partial charge in [0.25, 0.3) is 0 Å². The maximum atomic E-state index is 11.7. The molecule has 1 atom stereocenters. The highest BCUT2D eigenvalue weighted by atomic mass is 32.2. The Balaban J connectivity index is 1.43. The summed E-state index contributed by atoms with van der Waals surface area (Å²) in [5.74, 6) is 1.42. The number of fused-ring (bicyclic) bond motifs is 1. The molecule has 0 saturated carbocycles. The number of allylic oxidation sites excluding steroid dienone is 4. The van der Waals surface area contributed by atoms with Crippen LogP contribution in [0.1, 0.15) is 36.9 Å². The molecule has 8 nitrogen and oxygen atoms in total. The number of ether oxygens (including phenoxy) is 1. The molecule has 1 aromatic rings. The van der Waals surface area contributed by atoms with Gasteiger partial charge < -0.3 is 20.6 Å². The smallest absolute Gasteiger partial charge is 0.233 e. The van der Waals surface area contributed by atoms with E-state index in [1.54, 1.807) is 12.3 Å². The van der Waals surface area contributed by atoms with Gasteiger partial charge in [0.05, 0.1) is 11.9 Å². The predicted molar refractivity (Wildman–Crippen MR) is 110 cm³/mol. The fourth-order valence-electron chi connectivity index (χ4n) is 4.31. The second-order valence-corrected chi connectivity index (χ2v) is 9.99. The van der Waals surface area contributed by atoms with Crippen LogP contribution in [0.15, 0.2) is 34.5 Å². The number of guanidine groups is 1. The van der Waals surface area contributed by atoms with Gasteiger partial charge in [-0.25, -0.2) is 8.42 Å². The van der Waals surface area contributed by atoms with Crippen LogP contribution in [-0.2, 0) is 16.3 Å². The van der Waals surface area contributed by atoms with Crippen LogP contribution >= 0.6 is 0 Å². The summed E-state index contributed by atoms with van der Waals surface area (Å²) in [6.45, 7) is 1.50. The van der Waals surface area contributed by atoms with Crippen LogP contribution in [0.4, 0.5) is 0 Å². The highest BCUT2D eigenvalue weighted by Gasteiger charge is 2.34. The number of piperidine rings is 1. The van der Waals surface area contributed by atoms with Crippen LogP contribution in [0, 0.1) is 5.92 Å². The Morgan fingerprint density at radius 2 is 2.07 bits per heavy atom. The number of pyridine rings is 1. The van der Waals surface area contributed by atoms with Gasteiger partial charge in [0.1, 0.15) is 11.9 Å². The first-order chi connectivity index (χ1) is 13.8. The van der Waals surface area contributed by atoms with Gasteiger partial charge in [0.15, 0.2) is 9.84 Å². The average molecular weight is 419 g/mol. The Morgan fingerprint density at radius 1 is 1.31 bits per heavy atom. The first kappa shape index (κ1) is 19.8. The number of nitrogens with two attached hydrogens (primary N) is 1. The summed E-state index contributed by atoms with van der Waals surface area (Å²) in [7, 11) is -3.13. The van der Waals surface area contributed by atoms with E-state index >= 15 is 0 Å². The minimum atomic E-state index is -3.13. The molecule has 29 heavy (non-hydrogen) atoms. The van der Waals surface area contributed by atoms with Gasteiger partial charge in [-0.2, -0.15) is 0 Å². The van der Waals surface area contributed by atoms with Crippen LogP contribution in [0.3, 0.4) is 0 Å². The largest absolute Gasteiger partial charge is 0.488 e. The fraction of sp³-hybridized carbons (Fsp3) is 0.500. The van der Waals surface area contributed by atoms with Gasteiger partial charge in [-0.1, -0.05) is 11.2 Å². The third kappa shape index (κ3) is 4.10. The molecule has 1 aromatic heterocycles. The van der Waals surface area contributed by atoms with Crippen molar-refractivity contribution in [1.82, 2.24) is 9.88 Å². The Morgan fingerprint density at radius 3 is 2.69 bits per heavy atom. The van der Waals surface area contributed by atoms with Gasteiger partial charge in [0, 0.05) is 36.2 Å². The van der Waals surface area contributed by atoms with E-state index in [2.05, 4.69) is 16.2 Å². The SMILES string of the molecule is CS(=O)(=O)C1=CC=C(c2cc3c(cn2)OC(C2CCN(/C(N)=N/O)CC2)C3)CC1. The standard InChI is InChI=1S/C20H26N4O4S/c1-29(26,27)16-4-2-13(3-5-16)17-10-15-11-18(28-19(15)12-22-17)14-6-8-24(9-7-14)20(21)23-25/h2,4,10,12,14,18,25H,3,5-9,11H2,1H3,(H2,21,23). The zero-order valence-corrected chi connectivity index (χ0v) is 17.2. The molecule has 0 amide bonds. The van der Waals surface area contributed by atoms with Crippen molar-refractivity contribution < 1.29 is 18.4 Å². The molecule has 0 spiro atoms. The summed E-state index contributed by atoms with van der Waals surface area (Å²) >= 11 is 0. The van der Waals surface area contributed by atoms with Crippen molar-refractivity contribution in [1.29, 1.82) is 0 Å². The number of hydrogen-bond acceptors (Lipinski definition) is 6. The molecular weight excluding hydrogens is 392 g/mol. The molecule has 3 heterocycles. The monoisotopic (exact) mass is 418 g/mol. The number of oxime groups is 1. The average Bonchev–Trinajstić information content (AvgIpc) is 3.16. The molecule has 3 N–H and O–H groups in total. The molecule has 156 valence electrons. The summed E-state index contributed by atoms with van der Waals surface area (Å²) in [4.78, 5) is 6.90. The Kier molecular flexibility index (Phi) is 5.24. The third-order valence-electron chi connectivity index (χ3n) is 6.06. The molecule has 1 saturated heterocycles. The number of nitrogens with zero attached hydrogens (tertiary/aromatic N) is 3. The van der Waals surface area contributed by atoms with Crippen molar-refractivity contribution in [2.24, 2.45) is 16.8 Å². The normalized spacial score (nSPS) is 23.3. The van der Waals surface area contributed by atoms with Crippen molar-refractivity contribution in [3.63, 3.8) is 0 Å². The zero-order chi connectivity index (χ0) is 20.6. The van der Waals surface area contributed by atoms with Crippen LogP contribution in [0.5, 0.6) is 5.75 Å². The third-order valence-corrected chi connectivity index (χ3v) is 7.35. The van der Waals surface area contributed by atoms with Gasteiger partial charge >= 0.3 is 0 Å². The predicted octanol–water partition coefficient (Wildman–Crippen LogP) is 1.91. The number of sulfone groups is 1. The fourth-order valence-corrected chi connectivity index (χ4v) is 5.10. The Hall–Kier alpha value is -2.55. The number of rotatable bonds is 3. The minimum Gasteiger partial charge on any atom is -0.488 e. The van der Waals surface area contributed by atoms with Crippen LogP contribution in [-0.4, -0.2) is 54.9 Å². The molecule has 9 heteroatoms. The number of likely N-dealkylation sites (tertiary alicyclic amines) is 1. The summed E-state index contributed by atoms with van der Waals surface area (Å²) in [5, 5.41) is 11.9. The molecule has 1 aliphatic carbocycles. The quantitative estimate of drug-likeness (QED) is 0.333. The maximum absolute atomic E-state index is 11.7. The van der Waals surface area contributed by atoms with Gasteiger partial charge in [-0.05, 0) is 49.3 Å². The molecule has 1 unspecified atom stereocenters. The Bertz CT molecular complexity index is 992. The maximum Gasteiger partial charge on any atom is 0.233 e. The highest BCUT2D eigenvalue weighted by Crippen LogP contribution is 2.37. The lowest BCUT2D eigenvalue weighted by Crippen LogP contribution is -2.45. The van der Waals surface area contributed by atoms with E-state index in [9.17, 15) is 8.42 Å². The zero-order valence-electron chi connectivity index (χ0n) is 16.4. The van der Waals surface area contributed by atoms with E-state index in [-0.39, 0.29) is 12.1 Å². The van der Waals surface area contributed by atoms with Crippen LogP contribution in [0.2, 0.25) is 0 Å². The van der Waals surface area contributed by atoms with Crippen LogP contribution < -0.4 is 10.5 Å². The van der Waals surface area contributed by atoms with E-state index in [4.69, 9.17) is 15.7 Å². The lowest BCUT2D eigenvalue weighted by atomic mass is 9.89. The number of hydrogen-bond donors (Lipinski definition) is 2.